The minimum Gasteiger partial charge on any atom is -0.179 e. The van der Waals surface area contributed by atoms with Crippen LogP contribution in [0.1, 0.15) is 26.2 Å². The quantitative estimate of drug-likeness (QED) is 0.422. The maximum Gasteiger partial charge on any atom is -0.00664 e. The van der Waals surface area contributed by atoms with E-state index >= 15 is 0 Å². The molecule has 1 atom stereocenters. The summed E-state index contributed by atoms with van der Waals surface area (Å²) in [5.41, 5.74) is 1.56. The number of hydrogen-bond donors (Lipinski definition) is 1. The van der Waals surface area contributed by atoms with Crippen molar-refractivity contribution in [2.24, 2.45) is 5.92 Å². The van der Waals surface area contributed by atoms with Crippen LogP contribution in [0.3, 0.4) is 0 Å². The normalized spacial score (nSPS) is 27.8. The van der Waals surface area contributed by atoms with Crippen LogP contribution < -0.4 is 0 Å². The molecule has 0 aliphatic heterocycles. The zero-order chi connectivity index (χ0) is 6.69. The summed E-state index contributed by atoms with van der Waals surface area (Å²) in [5, 5.41) is 0. The topological polar surface area (TPSA) is 0 Å². The van der Waals surface area contributed by atoms with Crippen LogP contribution in [0.15, 0.2) is 11.6 Å². The van der Waals surface area contributed by atoms with Gasteiger partial charge in [0, 0.05) is 0 Å². The van der Waals surface area contributed by atoms with Crippen LogP contribution >= 0.6 is 12.6 Å². The molecule has 52 valence electrons. The summed E-state index contributed by atoms with van der Waals surface area (Å²) in [5.74, 6) is 1.92. The van der Waals surface area contributed by atoms with E-state index in [2.05, 4.69) is 25.6 Å². The Morgan fingerprint density at radius 3 is 3.00 bits per heavy atom. The van der Waals surface area contributed by atoms with Gasteiger partial charge in [-0.2, -0.15) is 12.6 Å². The Hall–Kier alpha value is 0.0900. The van der Waals surface area contributed by atoms with Crippen LogP contribution in [-0.4, -0.2) is 5.75 Å². The second-order valence-electron chi connectivity index (χ2n) is 2.87. The second-order valence-corrected chi connectivity index (χ2v) is 3.24. The lowest BCUT2D eigenvalue weighted by molar-refractivity contribution is 0.523. The molecular weight excluding hydrogens is 128 g/mol. The maximum atomic E-state index is 4.26. The standard InChI is InChI=1S/C8H14S/c1-7-2-4-8(6-9)5-3-7/h2,8-9H,3-6H2,1H3. The molecule has 0 aromatic carbocycles. The minimum atomic E-state index is 0.858. The summed E-state index contributed by atoms with van der Waals surface area (Å²) in [6.07, 6.45) is 6.26. The van der Waals surface area contributed by atoms with Gasteiger partial charge in [0.15, 0.2) is 0 Å². The van der Waals surface area contributed by atoms with Crippen LogP contribution in [0.5, 0.6) is 0 Å². The largest absolute Gasteiger partial charge is 0.179 e. The number of thiol groups is 1. The first kappa shape index (κ1) is 7.20. The van der Waals surface area contributed by atoms with Crippen molar-refractivity contribution in [1.29, 1.82) is 0 Å². The monoisotopic (exact) mass is 142 g/mol. The van der Waals surface area contributed by atoms with Crippen molar-refractivity contribution in [1.82, 2.24) is 0 Å². The molecule has 9 heavy (non-hydrogen) atoms. The van der Waals surface area contributed by atoms with Crippen molar-refractivity contribution in [2.45, 2.75) is 26.2 Å². The van der Waals surface area contributed by atoms with Crippen molar-refractivity contribution in [2.75, 3.05) is 5.75 Å². The lowest BCUT2D eigenvalue weighted by atomic mass is 9.92. The third kappa shape index (κ3) is 2.05. The maximum absolute atomic E-state index is 4.26. The Kier molecular flexibility index (Phi) is 2.65. The summed E-state index contributed by atoms with van der Waals surface area (Å²) in [6.45, 7) is 2.22. The highest BCUT2D eigenvalue weighted by atomic mass is 32.1. The molecule has 0 amide bonds. The average molecular weight is 142 g/mol. The van der Waals surface area contributed by atoms with Gasteiger partial charge in [0.25, 0.3) is 0 Å². The highest BCUT2D eigenvalue weighted by Crippen LogP contribution is 2.23. The summed E-state index contributed by atoms with van der Waals surface area (Å²) < 4.78 is 0. The Morgan fingerprint density at radius 1 is 1.78 bits per heavy atom. The van der Waals surface area contributed by atoms with Gasteiger partial charge in [-0.25, -0.2) is 0 Å². The summed E-state index contributed by atoms with van der Waals surface area (Å²) in [4.78, 5) is 0. The molecule has 0 saturated heterocycles. The molecule has 0 N–H and O–H groups in total. The molecule has 0 aromatic heterocycles. The van der Waals surface area contributed by atoms with Crippen molar-refractivity contribution < 1.29 is 0 Å². The Balaban J connectivity index is 2.36. The fourth-order valence-electron chi connectivity index (χ4n) is 1.19. The lowest BCUT2D eigenvalue weighted by Gasteiger charge is -2.17. The molecule has 0 radical (unpaired) electrons. The Labute approximate surface area is 62.8 Å². The molecule has 1 aliphatic carbocycles. The number of allylic oxidation sites excluding steroid dienone is 2. The Morgan fingerprint density at radius 2 is 2.56 bits per heavy atom. The molecule has 1 aliphatic rings. The highest BCUT2D eigenvalue weighted by molar-refractivity contribution is 7.80. The summed E-state index contributed by atoms with van der Waals surface area (Å²) in [6, 6.07) is 0. The molecule has 0 fully saturated rings. The van der Waals surface area contributed by atoms with E-state index < -0.39 is 0 Å². The van der Waals surface area contributed by atoms with E-state index in [0.717, 1.165) is 11.7 Å². The Bertz CT molecular complexity index is 116. The van der Waals surface area contributed by atoms with Gasteiger partial charge in [0.05, 0.1) is 0 Å². The van der Waals surface area contributed by atoms with E-state index in [1.54, 1.807) is 5.57 Å². The van der Waals surface area contributed by atoms with E-state index in [0.29, 0.717) is 0 Å². The molecule has 0 spiro atoms. The highest BCUT2D eigenvalue weighted by Gasteiger charge is 2.09. The van der Waals surface area contributed by atoms with Gasteiger partial charge in [-0.3, -0.25) is 0 Å². The molecule has 0 heterocycles. The zero-order valence-corrected chi connectivity index (χ0v) is 6.82. The molecule has 1 heteroatoms. The van der Waals surface area contributed by atoms with Crippen LogP contribution in [0.2, 0.25) is 0 Å². The SMILES string of the molecule is CC1=CCC(CS)CC1. The molecule has 1 unspecified atom stereocenters. The zero-order valence-electron chi connectivity index (χ0n) is 5.93. The van der Waals surface area contributed by atoms with Crippen molar-refractivity contribution >= 4 is 12.6 Å². The van der Waals surface area contributed by atoms with Gasteiger partial charge in [-0.15, -0.1) is 0 Å². The van der Waals surface area contributed by atoms with Gasteiger partial charge in [-0.05, 0) is 37.9 Å². The van der Waals surface area contributed by atoms with E-state index in [1.807, 2.05) is 0 Å². The molecule has 0 saturated carbocycles. The van der Waals surface area contributed by atoms with Gasteiger partial charge in [0.1, 0.15) is 0 Å². The molecule has 0 aromatic rings. The first-order valence-electron chi connectivity index (χ1n) is 3.59. The van der Waals surface area contributed by atoms with E-state index in [-0.39, 0.29) is 0 Å². The number of hydrogen-bond acceptors (Lipinski definition) is 1. The fourth-order valence-corrected chi connectivity index (χ4v) is 1.52. The first-order valence-corrected chi connectivity index (χ1v) is 4.22. The van der Waals surface area contributed by atoms with Crippen molar-refractivity contribution in [3.63, 3.8) is 0 Å². The molecule has 0 nitrogen and oxygen atoms in total. The first-order chi connectivity index (χ1) is 4.33. The van der Waals surface area contributed by atoms with E-state index in [9.17, 15) is 0 Å². The second kappa shape index (κ2) is 3.31. The summed E-state index contributed by atoms with van der Waals surface area (Å²) >= 11 is 4.26. The van der Waals surface area contributed by atoms with Gasteiger partial charge >= 0.3 is 0 Å². The summed E-state index contributed by atoms with van der Waals surface area (Å²) in [7, 11) is 0. The van der Waals surface area contributed by atoms with Crippen LogP contribution in [-0.2, 0) is 0 Å². The van der Waals surface area contributed by atoms with Crippen LogP contribution in [0.25, 0.3) is 0 Å². The number of rotatable bonds is 1. The molecule has 1 rings (SSSR count). The van der Waals surface area contributed by atoms with Crippen molar-refractivity contribution in [3.8, 4) is 0 Å². The third-order valence-corrected chi connectivity index (χ3v) is 2.52. The van der Waals surface area contributed by atoms with E-state index in [4.69, 9.17) is 0 Å². The van der Waals surface area contributed by atoms with Crippen LogP contribution in [0.4, 0.5) is 0 Å². The molecule has 0 bridgehead atoms. The van der Waals surface area contributed by atoms with E-state index in [1.165, 1.54) is 19.3 Å². The predicted octanol–water partition coefficient (Wildman–Crippen LogP) is 2.66. The average Bonchev–Trinajstić information content (AvgIpc) is 1.90. The van der Waals surface area contributed by atoms with Gasteiger partial charge < -0.3 is 0 Å². The lowest BCUT2D eigenvalue weighted by Crippen LogP contribution is -2.05. The minimum absolute atomic E-state index is 0.858. The van der Waals surface area contributed by atoms with Crippen LogP contribution in [0, 0.1) is 5.92 Å². The fraction of sp³-hybridized carbons (Fsp3) is 0.750. The van der Waals surface area contributed by atoms with Gasteiger partial charge in [0.2, 0.25) is 0 Å². The smallest absolute Gasteiger partial charge is 0.00664 e. The molecular formula is C8H14S. The predicted molar refractivity (Wildman–Crippen MR) is 45.0 cm³/mol. The van der Waals surface area contributed by atoms with Gasteiger partial charge in [-0.1, -0.05) is 11.6 Å². The van der Waals surface area contributed by atoms with Crippen molar-refractivity contribution in [3.05, 3.63) is 11.6 Å². The third-order valence-electron chi connectivity index (χ3n) is 2.00.